The van der Waals surface area contributed by atoms with Crippen molar-refractivity contribution >= 4 is 11.6 Å². The van der Waals surface area contributed by atoms with E-state index in [1.165, 1.54) is 4.68 Å². The molecule has 20 heavy (non-hydrogen) atoms. The first-order valence-corrected chi connectivity index (χ1v) is 6.54. The van der Waals surface area contributed by atoms with Gasteiger partial charge in [0, 0.05) is 23.7 Å². The number of nitrogens with zero attached hydrogens (tertiary/aromatic N) is 3. The Kier molecular flexibility index (Phi) is 3.39. The quantitative estimate of drug-likeness (QED) is 0.804. The van der Waals surface area contributed by atoms with E-state index >= 15 is 0 Å². The normalized spacial score (nSPS) is 10.7. The third-order valence-corrected chi connectivity index (χ3v) is 3.16. The minimum atomic E-state index is 0.0765. The van der Waals surface area contributed by atoms with Gasteiger partial charge in [0.1, 0.15) is 0 Å². The summed E-state index contributed by atoms with van der Waals surface area (Å²) in [5.74, 6) is 0.667. The van der Waals surface area contributed by atoms with E-state index in [0.29, 0.717) is 17.3 Å². The summed E-state index contributed by atoms with van der Waals surface area (Å²) in [6.07, 6.45) is 2.29. The SMILES string of the molecule is Oc1cc(Cc2ccc(Cl)cc2)nn1-c1ccccn1. The fraction of sp³-hybridized carbons (Fsp3) is 0.0667. The summed E-state index contributed by atoms with van der Waals surface area (Å²) in [5.41, 5.74) is 1.86. The lowest BCUT2D eigenvalue weighted by Crippen LogP contribution is -1.99. The Balaban J connectivity index is 1.87. The summed E-state index contributed by atoms with van der Waals surface area (Å²) in [7, 11) is 0. The van der Waals surface area contributed by atoms with E-state index in [0.717, 1.165) is 11.3 Å². The molecule has 5 heteroatoms. The Morgan fingerprint density at radius 3 is 2.60 bits per heavy atom. The van der Waals surface area contributed by atoms with Crippen molar-refractivity contribution in [2.24, 2.45) is 0 Å². The molecule has 0 spiro atoms. The zero-order valence-electron chi connectivity index (χ0n) is 10.6. The van der Waals surface area contributed by atoms with Crippen LogP contribution in [0.5, 0.6) is 5.88 Å². The van der Waals surface area contributed by atoms with Crippen LogP contribution < -0.4 is 0 Å². The number of pyridine rings is 1. The molecule has 4 nitrogen and oxygen atoms in total. The second-order valence-corrected chi connectivity index (χ2v) is 4.83. The van der Waals surface area contributed by atoms with Crippen molar-refractivity contribution in [3.05, 3.63) is 71.0 Å². The molecule has 2 heterocycles. The Bertz CT molecular complexity index is 708. The number of hydrogen-bond donors (Lipinski definition) is 1. The predicted molar refractivity (Wildman–Crippen MR) is 77.3 cm³/mol. The summed E-state index contributed by atoms with van der Waals surface area (Å²) in [4.78, 5) is 4.16. The van der Waals surface area contributed by atoms with Crippen molar-refractivity contribution in [1.82, 2.24) is 14.8 Å². The minimum Gasteiger partial charge on any atom is -0.493 e. The molecule has 2 aromatic heterocycles. The highest BCUT2D eigenvalue weighted by molar-refractivity contribution is 6.30. The molecular formula is C15H12ClN3O. The maximum absolute atomic E-state index is 9.95. The van der Waals surface area contributed by atoms with Gasteiger partial charge in [0.15, 0.2) is 5.82 Å². The Labute approximate surface area is 121 Å². The molecule has 0 aliphatic carbocycles. The van der Waals surface area contributed by atoms with Crippen LogP contribution >= 0.6 is 11.6 Å². The van der Waals surface area contributed by atoms with Crippen LogP contribution in [0.4, 0.5) is 0 Å². The summed E-state index contributed by atoms with van der Waals surface area (Å²) in [5, 5.41) is 15.0. The van der Waals surface area contributed by atoms with Crippen LogP contribution in [0.2, 0.25) is 5.02 Å². The van der Waals surface area contributed by atoms with Gasteiger partial charge in [-0.2, -0.15) is 9.78 Å². The van der Waals surface area contributed by atoms with E-state index in [1.54, 1.807) is 18.3 Å². The largest absolute Gasteiger partial charge is 0.493 e. The van der Waals surface area contributed by atoms with Crippen LogP contribution in [0.25, 0.3) is 5.82 Å². The zero-order valence-corrected chi connectivity index (χ0v) is 11.3. The van der Waals surface area contributed by atoms with Gasteiger partial charge in [-0.1, -0.05) is 29.8 Å². The lowest BCUT2D eigenvalue weighted by Gasteiger charge is -2.00. The second kappa shape index (κ2) is 5.35. The molecule has 0 radical (unpaired) electrons. The van der Waals surface area contributed by atoms with Gasteiger partial charge in [0.05, 0.1) is 5.69 Å². The minimum absolute atomic E-state index is 0.0765. The standard InChI is InChI=1S/C15H12ClN3O/c16-12-6-4-11(5-7-12)9-13-10-15(20)19(18-13)14-3-1-2-8-17-14/h1-8,10,20H,9H2. The number of aromatic hydroxyl groups is 1. The van der Waals surface area contributed by atoms with Gasteiger partial charge in [-0.05, 0) is 29.8 Å². The molecule has 0 aliphatic heterocycles. The smallest absolute Gasteiger partial charge is 0.215 e. The maximum Gasteiger partial charge on any atom is 0.215 e. The monoisotopic (exact) mass is 285 g/mol. The molecule has 0 bridgehead atoms. The lowest BCUT2D eigenvalue weighted by atomic mass is 10.1. The van der Waals surface area contributed by atoms with Gasteiger partial charge in [-0.3, -0.25) is 0 Å². The van der Waals surface area contributed by atoms with Crippen LogP contribution in [0.15, 0.2) is 54.7 Å². The van der Waals surface area contributed by atoms with Crippen molar-refractivity contribution in [2.75, 3.05) is 0 Å². The highest BCUT2D eigenvalue weighted by Crippen LogP contribution is 2.19. The average Bonchev–Trinajstić information content (AvgIpc) is 2.83. The highest BCUT2D eigenvalue weighted by Gasteiger charge is 2.09. The number of aromatic nitrogens is 3. The summed E-state index contributed by atoms with van der Waals surface area (Å²) in [6.45, 7) is 0. The first-order valence-electron chi connectivity index (χ1n) is 6.16. The van der Waals surface area contributed by atoms with Crippen LogP contribution in [0, 0.1) is 0 Å². The van der Waals surface area contributed by atoms with E-state index in [-0.39, 0.29) is 5.88 Å². The third-order valence-electron chi connectivity index (χ3n) is 2.91. The van der Waals surface area contributed by atoms with E-state index in [4.69, 9.17) is 11.6 Å². The first-order chi connectivity index (χ1) is 9.72. The maximum atomic E-state index is 9.95. The topological polar surface area (TPSA) is 50.9 Å². The number of halogens is 1. The fourth-order valence-corrected chi connectivity index (χ4v) is 2.09. The zero-order chi connectivity index (χ0) is 13.9. The Morgan fingerprint density at radius 1 is 1.10 bits per heavy atom. The van der Waals surface area contributed by atoms with Gasteiger partial charge in [-0.15, -0.1) is 0 Å². The summed E-state index contributed by atoms with van der Waals surface area (Å²) in [6, 6.07) is 14.7. The van der Waals surface area contributed by atoms with Gasteiger partial charge < -0.3 is 5.11 Å². The molecule has 0 saturated heterocycles. The fourth-order valence-electron chi connectivity index (χ4n) is 1.96. The van der Waals surface area contributed by atoms with Gasteiger partial charge >= 0.3 is 0 Å². The Hall–Kier alpha value is -2.33. The van der Waals surface area contributed by atoms with Crippen LogP contribution in [-0.4, -0.2) is 19.9 Å². The van der Waals surface area contributed by atoms with Crippen molar-refractivity contribution in [3.8, 4) is 11.7 Å². The van der Waals surface area contributed by atoms with Gasteiger partial charge in [-0.25, -0.2) is 4.98 Å². The molecule has 1 aromatic carbocycles. The van der Waals surface area contributed by atoms with E-state index in [9.17, 15) is 5.11 Å². The molecule has 100 valence electrons. The van der Waals surface area contributed by atoms with Crippen molar-refractivity contribution in [3.63, 3.8) is 0 Å². The molecule has 0 aliphatic rings. The molecule has 0 atom stereocenters. The van der Waals surface area contributed by atoms with Crippen molar-refractivity contribution in [2.45, 2.75) is 6.42 Å². The second-order valence-electron chi connectivity index (χ2n) is 4.40. The third kappa shape index (κ3) is 2.65. The Morgan fingerprint density at radius 2 is 1.90 bits per heavy atom. The highest BCUT2D eigenvalue weighted by atomic mass is 35.5. The number of benzene rings is 1. The molecule has 1 N–H and O–H groups in total. The summed E-state index contributed by atoms with van der Waals surface area (Å²) < 4.78 is 1.42. The van der Waals surface area contributed by atoms with Crippen LogP contribution in [0.3, 0.4) is 0 Å². The summed E-state index contributed by atoms with van der Waals surface area (Å²) >= 11 is 5.86. The predicted octanol–water partition coefficient (Wildman–Crippen LogP) is 3.22. The van der Waals surface area contributed by atoms with Crippen LogP contribution in [0.1, 0.15) is 11.3 Å². The first kappa shape index (κ1) is 12.7. The number of rotatable bonds is 3. The lowest BCUT2D eigenvalue weighted by molar-refractivity contribution is 0.432. The molecule has 0 saturated carbocycles. The average molecular weight is 286 g/mol. The molecule has 0 unspecified atom stereocenters. The molecule has 3 rings (SSSR count). The molecule has 3 aromatic rings. The van der Waals surface area contributed by atoms with Crippen LogP contribution in [-0.2, 0) is 6.42 Å². The molecular weight excluding hydrogens is 274 g/mol. The van der Waals surface area contributed by atoms with Crippen molar-refractivity contribution < 1.29 is 5.11 Å². The van der Waals surface area contributed by atoms with Crippen molar-refractivity contribution in [1.29, 1.82) is 0 Å². The number of hydrogen-bond acceptors (Lipinski definition) is 3. The molecule has 0 amide bonds. The van der Waals surface area contributed by atoms with E-state index in [2.05, 4.69) is 10.1 Å². The van der Waals surface area contributed by atoms with Gasteiger partial charge in [0.2, 0.25) is 5.88 Å². The van der Waals surface area contributed by atoms with E-state index in [1.807, 2.05) is 36.4 Å². The van der Waals surface area contributed by atoms with Gasteiger partial charge in [0.25, 0.3) is 0 Å². The molecule has 0 fully saturated rings. The van der Waals surface area contributed by atoms with E-state index < -0.39 is 0 Å².